The molecule has 0 radical (unpaired) electrons. The molecule has 1 aromatic carbocycles. The van der Waals surface area contributed by atoms with Crippen molar-refractivity contribution in [2.75, 3.05) is 12.3 Å². The average Bonchev–Trinajstić information content (AvgIpc) is 2.87. The molecule has 3 N–H and O–H groups in total. The standard InChI is InChI=1S/C18H24N4O2S2/c1-13-7-9-18(10-8-13)15(23)22(17(24)20-18)21-16(25)19-11-12-26-14-5-3-2-4-6-14/h2-6,13H,7-12H2,1H3,(H,20,24)(H2,19,21,25). The van der Waals surface area contributed by atoms with Gasteiger partial charge in [-0.15, -0.1) is 11.8 Å². The Balaban J connectivity index is 1.45. The van der Waals surface area contributed by atoms with E-state index in [4.69, 9.17) is 12.2 Å². The summed E-state index contributed by atoms with van der Waals surface area (Å²) in [6.07, 6.45) is 3.26. The van der Waals surface area contributed by atoms with Crippen molar-refractivity contribution in [3.63, 3.8) is 0 Å². The van der Waals surface area contributed by atoms with Gasteiger partial charge in [0.2, 0.25) is 0 Å². The lowest BCUT2D eigenvalue weighted by molar-refractivity contribution is -0.133. The van der Waals surface area contributed by atoms with Gasteiger partial charge in [-0.1, -0.05) is 25.1 Å². The molecule has 1 aromatic rings. The minimum absolute atomic E-state index is 0.225. The summed E-state index contributed by atoms with van der Waals surface area (Å²) in [5.41, 5.74) is 1.99. The number of nitrogens with one attached hydrogen (secondary N) is 3. The fraction of sp³-hybridized carbons (Fsp3) is 0.500. The van der Waals surface area contributed by atoms with Crippen molar-refractivity contribution >= 4 is 41.0 Å². The molecule has 1 heterocycles. The number of rotatable bonds is 5. The van der Waals surface area contributed by atoms with Gasteiger partial charge in [0.1, 0.15) is 5.54 Å². The van der Waals surface area contributed by atoms with Crippen LogP contribution in [-0.4, -0.2) is 39.9 Å². The molecule has 3 rings (SSSR count). The van der Waals surface area contributed by atoms with Crippen LogP contribution in [0.2, 0.25) is 0 Å². The van der Waals surface area contributed by atoms with Gasteiger partial charge in [0.15, 0.2) is 5.11 Å². The zero-order valence-corrected chi connectivity index (χ0v) is 16.4. The van der Waals surface area contributed by atoms with Crippen LogP contribution in [0.25, 0.3) is 0 Å². The van der Waals surface area contributed by atoms with Crippen molar-refractivity contribution in [3.05, 3.63) is 30.3 Å². The molecule has 8 heteroatoms. The van der Waals surface area contributed by atoms with E-state index in [1.165, 1.54) is 4.90 Å². The Bertz CT molecular complexity index is 675. The maximum Gasteiger partial charge on any atom is 0.344 e. The van der Waals surface area contributed by atoms with E-state index in [0.717, 1.165) is 23.6 Å². The molecule has 0 aromatic heterocycles. The molecule has 3 amide bonds. The molecule has 0 atom stereocenters. The van der Waals surface area contributed by atoms with Crippen molar-refractivity contribution in [1.82, 2.24) is 21.1 Å². The Labute approximate surface area is 163 Å². The van der Waals surface area contributed by atoms with E-state index in [0.29, 0.717) is 25.3 Å². The van der Waals surface area contributed by atoms with Crippen LogP contribution in [0.4, 0.5) is 4.79 Å². The molecular weight excluding hydrogens is 368 g/mol. The third-order valence-corrected chi connectivity index (χ3v) is 6.15. The van der Waals surface area contributed by atoms with Gasteiger partial charge in [-0.25, -0.2) is 4.79 Å². The number of hydrazine groups is 1. The Hall–Kier alpha value is -1.80. The Kier molecular flexibility index (Phi) is 6.03. The van der Waals surface area contributed by atoms with Gasteiger partial charge in [-0.05, 0) is 56.0 Å². The number of hydrogen-bond acceptors (Lipinski definition) is 4. The van der Waals surface area contributed by atoms with Crippen LogP contribution in [0.3, 0.4) is 0 Å². The Morgan fingerprint density at radius 1 is 1.31 bits per heavy atom. The molecule has 0 unspecified atom stereocenters. The highest BCUT2D eigenvalue weighted by Gasteiger charge is 2.52. The second-order valence-electron chi connectivity index (χ2n) is 6.86. The van der Waals surface area contributed by atoms with E-state index in [9.17, 15) is 9.59 Å². The van der Waals surface area contributed by atoms with E-state index in [1.54, 1.807) is 11.8 Å². The average molecular weight is 393 g/mol. The highest BCUT2D eigenvalue weighted by molar-refractivity contribution is 7.99. The third kappa shape index (κ3) is 4.29. The molecule has 26 heavy (non-hydrogen) atoms. The molecule has 1 aliphatic carbocycles. The van der Waals surface area contributed by atoms with Crippen molar-refractivity contribution in [3.8, 4) is 0 Å². The molecular formula is C18H24N4O2S2. The van der Waals surface area contributed by atoms with Crippen molar-refractivity contribution < 1.29 is 9.59 Å². The molecule has 0 bridgehead atoms. The molecule has 1 saturated carbocycles. The lowest BCUT2D eigenvalue weighted by Crippen LogP contribution is -2.53. The first-order chi connectivity index (χ1) is 12.5. The van der Waals surface area contributed by atoms with E-state index < -0.39 is 11.6 Å². The van der Waals surface area contributed by atoms with E-state index in [2.05, 4.69) is 35.1 Å². The van der Waals surface area contributed by atoms with Crippen molar-refractivity contribution in [1.29, 1.82) is 0 Å². The van der Waals surface area contributed by atoms with E-state index >= 15 is 0 Å². The molecule has 2 aliphatic rings. The number of imide groups is 1. The first kappa shape index (κ1) is 19.0. The van der Waals surface area contributed by atoms with Gasteiger partial charge in [0, 0.05) is 17.2 Å². The second-order valence-corrected chi connectivity index (χ2v) is 8.44. The number of thiocarbonyl (C=S) groups is 1. The largest absolute Gasteiger partial charge is 0.360 e. The number of carbonyl (C=O) groups is 2. The summed E-state index contributed by atoms with van der Waals surface area (Å²) < 4.78 is 0. The van der Waals surface area contributed by atoms with Crippen molar-refractivity contribution in [2.24, 2.45) is 5.92 Å². The van der Waals surface area contributed by atoms with Crippen LogP contribution < -0.4 is 16.1 Å². The van der Waals surface area contributed by atoms with E-state index in [-0.39, 0.29) is 11.0 Å². The predicted molar refractivity (Wildman–Crippen MR) is 107 cm³/mol. The normalized spacial score (nSPS) is 25.3. The van der Waals surface area contributed by atoms with Crippen LogP contribution in [0, 0.1) is 5.92 Å². The molecule has 1 spiro atoms. The van der Waals surface area contributed by atoms with Crippen molar-refractivity contribution in [2.45, 2.75) is 43.0 Å². The molecule has 1 aliphatic heterocycles. The fourth-order valence-corrected chi connectivity index (χ4v) is 4.29. The minimum Gasteiger partial charge on any atom is -0.360 e. The summed E-state index contributed by atoms with van der Waals surface area (Å²) in [5, 5.41) is 7.22. The molecule has 1 saturated heterocycles. The number of amides is 3. The van der Waals surface area contributed by atoms with Crippen LogP contribution in [0.1, 0.15) is 32.6 Å². The number of benzene rings is 1. The van der Waals surface area contributed by atoms with Gasteiger partial charge in [-0.3, -0.25) is 10.2 Å². The number of thioether (sulfide) groups is 1. The first-order valence-electron chi connectivity index (χ1n) is 8.89. The van der Waals surface area contributed by atoms with E-state index in [1.807, 2.05) is 18.2 Å². The molecule has 2 fully saturated rings. The SMILES string of the molecule is CC1CCC2(CC1)NC(=O)N(NC(=S)NCCSc1ccccc1)C2=O. The predicted octanol–water partition coefficient (Wildman–Crippen LogP) is 2.66. The van der Waals surface area contributed by atoms with Gasteiger partial charge in [0.25, 0.3) is 5.91 Å². The second kappa shape index (κ2) is 8.26. The zero-order valence-electron chi connectivity index (χ0n) is 14.8. The number of nitrogens with zero attached hydrogens (tertiary/aromatic N) is 1. The molecule has 140 valence electrons. The summed E-state index contributed by atoms with van der Waals surface area (Å²) in [4.78, 5) is 26.2. The van der Waals surface area contributed by atoms with Crippen LogP contribution in [0.15, 0.2) is 35.2 Å². The number of carbonyl (C=O) groups excluding carboxylic acids is 2. The summed E-state index contributed by atoms with van der Waals surface area (Å²) >= 11 is 6.94. The van der Waals surface area contributed by atoms with Gasteiger partial charge in [0.05, 0.1) is 0 Å². The third-order valence-electron chi connectivity index (χ3n) is 4.90. The maximum atomic E-state index is 12.7. The van der Waals surface area contributed by atoms with Crippen LogP contribution in [0.5, 0.6) is 0 Å². The lowest BCUT2D eigenvalue weighted by Gasteiger charge is -2.33. The Morgan fingerprint density at radius 3 is 2.69 bits per heavy atom. The van der Waals surface area contributed by atoms with Crippen LogP contribution in [-0.2, 0) is 4.79 Å². The van der Waals surface area contributed by atoms with Gasteiger partial charge < -0.3 is 10.6 Å². The van der Waals surface area contributed by atoms with Gasteiger partial charge in [-0.2, -0.15) is 5.01 Å². The number of urea groups is 1. The first-order valence-corrected chi connectivity index (χ1v) is 10.3. The smallest absolute Gasteiger partial charge is 0.344 e. The zero-order chi connectivity index (χ0) is 18.6. The highest BCUT2D eigenvalue weighted by Crippen LogP contribution is 2.35. The molecule has 6 nitrogen and oxygen atoms in total. The quantitative estimate of drug-likeness (QED) is 0.310. The fourth-order valence-electron chi connectivity index (χ4n) is 3.31. The minimum atomic E-state index is -0.755. The Morgan fingerprint density at radius 2 is 2.00 bits per heavy atom. The summed E-state index contributed by atoms with van der Waals surface area (Å²) in [6.45, 7) is 2.81. The summed E-state index contributed by atoms with van der Waals surface area (Å²) in [6, 6.07) is 9.67. The van der Waals surface area contributed by atoms with Gasteiger partial charge >= 0.3 is 6.03 Å². The lowest BCUT2D eigenvalue weighted by atomic mass is 9.77. The van der Waals surface area contributed by atoms with Crippen LogP contribution >= 0.6 is 24.0 Å². The summed E-state index contributed by atoms with van der Waals surface area (Å²) in [5.74, 6) is 1.20. The topological polar surface area (TPSA) is 73.5 Å². The maximum absolute atomic E-state index is 12.7. The monoisotopic (exact) mass is 392 g/mol. The number of hydrogen-bond donors (Lipinski definition) is 3. The summed E-state index contributed by atoms with van der Waals surface area (Å²) in [7, 11) is 0. The highest BCUT2D eigenvalue weighted by atomic mass is 32.2.